The van der Waals surface area contributed by atoms with E-state index >= 15 is 0 Å². The average Bonchev–Trinajstić information content (AvgIpc) is 2.79. The molecule has 0 saturated heterocycles. The first-order chi connectivity index (χ1) is 9.49. The Bertz CT molecular complexity index is 578. The molecule has 0 spiro atoms. The number of hydrogen-bond donors (Lipinski definition) is 1. The van der Waals surface area contributed by atoms with Crippen molar-refractivity contribution < 1.29 is 13.2 Å². The van der Waals surface area contributed by atoms with Crippen LogP contribution in [0.1, 0.15) is 24.6 Å². The monoisotopic (exact) mass is 298 g/mol. The van der Waals surface area contributed by atoms with Crippen molar-refractivity contribution in [3.05, 3.63) is 41.3 Å². The molecule has 3 nitrogen and oxygen atoms in total. The lowest BCUT2D eigenvalue weighted by Crippen LogP contribution is -2.21. The molecule has 1 atom stereocenters. The van der Waals surface area contributed by atoms with E-state index in [-0.39, 0.29) is 16.2 Å². The molecular formula is C14H16F2N2OS. The standard InChI is InChI=1S/C14H16F2N2OS/c1-3-10(17)4-9-5-11(15)13(12(16)6-9)20-14-18-8(2)7-19-14/h5-7,10H,3-4,17H2,1-2H3. The van der Waals surface area contributed by atoms with Gasteiger partial charge in [0.1, 0.15) is 17.9 Å². The van der Waals surface area contributed by atoms with E-state index in [1.165, 1.54) is 18.4 Å². The highest BCUT2D eigenvalue weighted by atomic mass is 32.2. The molecule has 108 valence electrons. The van der Waals surface area contributed by atoms with Crippen molar-refractivity contribution in [1.82, 2.24) is 4.98 Å². The number of benzene rings is 1. The lowest BCUT2D eigenvalue weighted by molar-refractivity contribution is 0.451. The van der Waals surface area contributed by atoms with Crippen LogP contribution in [0.2, 0.25) is 0 Å². The van der Waals surface area contributed by atoms with E-state index < -0.39 is 11.6 Å². The maximum Gasteiger partial charge on any atom is 0.260 e. The van der Waals surface area contributed by atoms with Gasteiger partial charge in [0, 0.05) is 6.04 Å². The maximum absolute atomic E-state index is 14.0. The number of nitrogens with zero attached hydrogens (tertiary/aromatic N) is 1. The first-order valence-corrected chi connectivity index (χ1v) is 7.14. The quantitative estimate of drug-likeness (QED) is 0.914. The molecule has 0 saturated carbocycles. The lowest BCUT2D eigenvalue weighted by atomic mass is 10.0. The van der Waals surface area contributed by atoms with Crippen molar-refractivity contribution in [2.24, 2.45) is 5.73 Å². The molecule has 2 aromatic rings. The van der Waals surface area contributed by atoms with E-state index in [0.29, 0.717) is 17.7 Å². The summed E-state index contributed by atoms with van der Waals surface area (Å²) in [6.07, 6.45) is 2.65. The van der Waals surface area contributed by atoms with Crippen LogP contribution in [0.3, 0.4) is 0 Å². The molecule has 1 unspecified atom stereocenters. The molecule has 2 N–H and O–H groups in total. The summed E-state index contributed by atoms with van der Waals surface area (Å²) in [4.78, 5) is 3.90. The second-order valence-corrected chi connectivity index (χ2v) is 5.58. The Balaban J connectivity index is 2.22. The minimum atomic E-state index is -0.621. The van der Waals surface area contributed by atoms with Gasteiger partial charge in [0.05, 0.1) is 10.6 Å². The third-order valence-corrected chi connectivity index (χ3v) is 3.82. The van der Waals surface area contributed by atoms with Crippen LogP contribution in [0.5, 0.6) is 0 Å². The molecule has 0 aliphatic heterocycles. The molecule has 0 radical (unpaired) electrons. The van der Waals surface area contributed by atoms with Crippen LogP contribution in [0, 0.1) is 18.6 Å². The van der Waals surface area contributed by atoms with Crippen LogP contribution in [0.4, 0.5) is 8.78 Å². The fourth-order valence-corrected chi connectivity index (χ4v) is 2.51. The van der Waals surface area contributed by atoms with Crippen LogP contribution >= 0.6 is 11.8 Å². The van der Waals surface area contributed by atoms with E-state index in [4.69, 9.17) is 10.2 Å². The van der Waals surface area contributed by atoms with Gasteiger partial charge in [0.25, 0.3) is 5.22 Å². The molecule has 0 amide bonds. The third kappa shape index (κ3) is 3.58. The van der Waals surface area contributed by atoms with Crippen molar-refractivity contribution >= 4 is 11.8 Å². The fraction of sp³-hybridized carbons (Fsp3) is 0.357. The highest BCUT2D eigenvalue weighted by molar-refractivity contribution is 7.99. The smallest absolute Gasteiger partial charge is 0.260 e. The third-order valence-electron chi connectivity index (χ3n) is 2.87. The van der Waals surface area contributed by atoms with Gasteiger partial charge in [-0.2, -0.15) is 0 Å². The minimum absolute atomic E-state index is 0.0957. The Kier molecular flexibility index (Phi) is 4.77. The molecule has 1 aromatic carbocycles. The number of aryl methyl sites for hydroxylation is 1. The van der Waals surface area contributed by atoms with Crippen LogP contribution < -0.4 is 5.73 Å². The molecule has 2 rings (SSSR count). The highest BCUT2D eigenvalue weighted by Gasteiger charge is 2.16. The molecule has 6 heteroatoms. The van der Waals surface area contributed by atoms with Crippen molar-refractivity contribution in [3.63, 3.8) is 0 Å². The van der Waals surface area contributed by atoms with Gasteiger partial charge in [-0.05, 0) is 49.2 Å². The van der Waals surface area contributed by atoms with Crippen LogP contribution in [-0.2, 0) is 6.42 Å². The number of hydrogen-bond acceptors (Lipinski definition) is 4. The topological polar surface area (TPSA) is 52.0 Å². The highest BCUT2D eigenvalue weighted by Crippen LogP contribution is 2.32. The second kappa shape index (κ2) is 6.37. The van der Waals surface area contributed by atoms with Gasteiger partial charge in [-0.1, -0.05) is 6.92 Å². The van der Waals surface area contributed by atoms with E-state index in [1.807, 2.05) is 6.92 Å². The molecule has 1 heterocycles. The summed E-state index contributed by atoms with van der Waals surface area (Å²) < 4.78 is 33.1. The zero-order valence-corrected chi connectivity index (χ0v) is 12.1. The summed E-state index contributed by atoms with van der Waals surface area (Å²) in [6.45, 7) is 3.68. The van der Waals surface area contributed by atoms with E-state index in [9.17, 15) is 8.78 Å². The van der Waals surface area contributed by atoms with E-state index in [2.05, 4.69) is 4.98 Å². The van der Waals surface area contributed by atoms with Gasteiger partial charge in [-0.25, -0.2) is 13.8 Å². The first kappa shape index (κ1) is 15.0. The van der Waals surface area contributed by atoms with Gasteiger partial charge in [-0.3, -0.25) is 0 Å². The van der Waals surface area contributed by atoms with Crippen molar-refractivity contribution in [1.29, 1.82) is 0 Å². The lowest BCUT2D eigenvalue weighted by Gasteiger charge is -2.10. The Morgan fingerprint density at radius 2 is 2.00 bits per heavy atom. The van der Waals surface area contributed by atoms with Gasteiger partial charge in [0.15, 0.2) is 0 Å². The molecular weight excluding hydrogens is 282 g/mol. The van der Waals surface area contributed by atoms with Gasteiger partial charge < -0.3 is 10.2 Å². The Labute approximate surface area is 120 Å². The number of halogens is 2. The maximum atomic E-state index is 14.0. The first-order valence-electron chi connectivity index (χ1n) is 6.33. The van der Waals surface area contributed by atoms with E-state index in [0.717, 1.165) is 18.2 Å². The largest absolute Gasteiger partial charge is 0.439 e. The van der Waals surface area contributed by atoms with Crippen LogP contribution in [0.15, 0.2) is 32.9 Å². The van der Waals surface area contributed by atoms with Gasteiger partial charge in [-0.15, -0.1) is 0 Å². The molecule has 0 fully saturated rings. The molecule has 1 aromatic heterocycles. The summed E-state index contributed by atoms with van der Waals surface area (Å²) >= 11 is 0.836. The summed E-state index contributed by atoms with van der Waals surface area (Å²) in [5, 5.41) is 0.221. The Morgan fingerprint density at radius 3 is 2.50 bits per heavy atom. The average molecular weight is 298 g/mol. The number of rotatable bonds is 5. The van der Waals surface area contributed by atoms with Gasteiger partial charge >= 0.3 is 0 Å². The predicted octanol–water partition coefficient (Wildman–Crippen LogP) is 3.69. The normalized spacial score (nSPS) is 12.7. The molecule has 0 aliphatic carbocycles. The summed E-state index contributed by atoms with van der Waals surface area (Å²) in [5.74, 6) is -1.24. The number of aromatic nitrogens is 1. The summed E-state index contributed by atoms with van der Waals surface area (Å²) in [5.41, 5.74) is 7.02. The van der Waals surface area contributed by atoms with Crippen molar-refractivity contribution in [2.75, 3.05) is 0 Å². The molecule has 20 heavy (non-hydrogen) atoms. The fourth-order valence-electron chi connectivity index (χ4n) is 1.74. The Hall–Kier alpha value is -1.40. The minimum Gasteiger partial charge on any atom is -0.439 e. The molecule has 0 aliphatic rings. The zero-order valence-electron chi connectivity index (χ0n) is 11.3. The van der Waals surface area contributed by atoms with Crippen molar-refractivity contribution in [3.8, 4) is 0 Å². The Morgan fingerprint density at radius 1 is 1.35 bits per heavy atom. The predicted molar refractivity (Wildman–Crippen MR) is 73.7 cm³/mol. The van der Waals surface area contributed by atoms with Gasteiger partial charge in [0.2, 0.25) is 0 Å². The van der Waals surface area contributed by atoms with Crippen LogP contribution in [-0.4, -0.2) is 11.0 Å². The summed E-state index contributed by atoms with van der Waals surface area (Å²) in [6, 6.07) is 2.54. The SMILES string of the molecule is CCC(N)Cc1cc(F)c(Sc2nc(C)co2)c(F)c1. The van der Waals surface area contributed by atoms with Crippen molar-refractivity contribution in [2.45, 2.75) is 42.8 Å². The van der Waals surface area contributed by atoms with Crippen LogP contribution in [0.25, 0.3) is 0 Å². The summed E-state index contributed by atoms with van der Waals surface area (Å²) in [7, 11) is 0. The zero-order chi connectivity index (χ0) is 14.7. The molecule has 0 bridgehead atoms. The second-order valence-electron chi connectivity index (χ2n) is 4.62. The number of nitrogens with two attached hydrogens (primary N) is 1. The van der Waals surface area contributed by atoms with E-state index in [1.54, 1.807) is 6.92 Å². The number of oxazole rings is 1.